The topological polar surface area (TPSA) is 89.0 Å². The fourth-order valence-corrected chi connectivity index (χ4v) is 5.35. The summed E-state index contributed by atoms with van der Waals surface area (Å²) in [4.78, 5) is 32.1. The average Bonchev–Trinajstić information content (AvgIpc) is 3.35. The number of benzene rings is 1. The Bertz CT molecular complexity index is 890. The van der Waals surface area contributed by atoms with Gasteiger partial charge in [0, 0.05) is 44.3 Å². The summed E-state index contributed by atoms with van der Waals surface area (Å²) in [6.45, 7) is 4.33. The van der Waals surface area contributed by atoms with E-state index in [2.05, 4.69) is 15.2 Å². The van der Waals surface area contributed by atoms with Crippen LogP contribution in [0.5, 0.6) is 0 Å². The Kier molecular flexibility index (Phi) is 7.75. The van der Waals surface area contributed by atoms with E-state index >= 15 is 0 Å². The Labute approximate surface area is 192 Å². The smallest absolute Gasteiger partial charge is 0.240 e. The van der Waals surface area contributed by atoms with Crippen molar-refractivity contribution in [1.29, 1.82) is 0 Å². The van der Waals surface area contributed by atoms with Crippen LogP contribution in [0.25, 0.3) is 0 Å². The number of piperazine rings is 1. The van der Waals surface area contributed by atoms with E-state index in [1.807, 2.05) is 35.4 Å². The minimum Gasteiger partial charge on any atom is -0.339 e. The first kappa shape index (κ1) is 22.7. The van der Waals surface area contributed by atoms with Gasteiger partial charge in [-0.25, -0.2) is 0 Å². The predicted octanol–water partition coefficient (Wildman–Crippen LogP) is 1.91. The second kappa shape index (κ2) is 10.9. The van der Waals surface area contributed by atoms with Crippen LogP contribution in [0.4, 0.5) is 5.69 Å². The standard InChI is InChI=1S/C23H29N5O3S/c29-17-28(31)20-7-5-18(6-8-20)3-2-10-26-11-13-27(14-12-26)23(30)21-16-32-22(25-21)19-4-1-9-24-15-19/h1,4-9,15,17,21-22,25,31H,2-3,10-14,16H2. The van der Waals surface area contributed by atoms with Crippen molar-refractivity contribution in [3.63, 3.8) is 0 Å². The number of thioether (sulfide) groups is 1. The molecule has 2 unspecified atom stereocenters. The zero-order chi connectivity index (χ0) is 22.3. The number of aryl methyl sites for hydroxylation is 1. The molecule has 8 nitrogen and oxygen atoms in total. The Morgan fingerprint density at radius 2 is 2.00 bits per heavy atom. The maximum Gasteiger partial charge on any atom is 0.240 e. The van der Waals surface area contributed by atoms with Crippen LogP contribution >= 0.6 is 11.8 Å². The number of rotatable bonds is 8. The highest BCUT2D eigenvalue weighted by molar-refractivity contribution is 7.99. The van der Waals surface area contributed by atoms with Gasteiger partial charge in [0.05, 0.1) is 17.1 Å². The normalized spacial score (nSPS) is 21.5. The summed E-state index contributed by atoms with van der Waals surface area (Å²) in [5.74, 6) is 0.995. The van der Waals surface area contributed by atoms with Crippen molar-refractivity contribution < 1.29 is 14.8 Å². The van der Waals surface area contributed by atoms with Crippen molar-refractivity contribution in [3.8, 4) is 0 Å². The number of amides is 2. The second-order valence-corrected chi connectivity index (χ2v) is 9.24. The molecule has 0 saturated carbocycles. The highest BCUT2D eigenvalue weighted by Gasteiger charge is 2.34. The zero-order valence-corrected chi connectivity index (χ0v) is 18.8. The Balaban J connectivity index is 1.17. The summed E-state index contributed by atoms with van der Waals surface area (Å²) in [6, 6.07) is 11.2. The molecule has 2 aliphatic heterocycles. The summed E-state index contributed by atoms with van der Waals surface area (Å²) in [7, 11) is 0. The summed E-state index contributed by atoms with van der Waals surface area (Å²) in [6.07, 6.45) is 5.96. The number of nitrogens with one attached hydrogen (secondary N) is 1. The van der Waals surface area contributed by atoms with Crippen molar-refractivity contribution in [2.24, 2.45) is 0 Å². The van der Waals surface area contributed by atoms with Crippen LogP contribution in [0.15, 0.2) is 48.8 Å². The lowest BCUT2D eigenvalue weighted by molar-refractivity contribution is -0.134. The van der Waals surface area contributed by atoms with Gasteiger partial charge in [0.25, 0.3) is 0 Å². The van der Waals surface area contributed by atoms with E-state index in [1.165, 1.54) is 5.56 Å². The lowest BCUT2D eigenvalue weighted by Gasteiger charge is -2.36. The molecule has 2 fully saturated rings. The number of hydroxylamine groups is 1. The van der Waals surface area contributed by atoms with Gasteiger partial charge in [-0.05, 0) is 48.7 Å². The monoisotopic (exact) mass is 455 g/mol. The highest BCUT2D eigenvalue weighted by atomic mass is 32.2. The first-order valence-electron chi connectivity index (χ1n) is 10.9. The Morgan fingerprint density at radius 3 is 2.69 bits per heavy atom. The highest BCUT2D eigenvalue weighted by Crippen LogP contribution is 2.32. The molecule has 32 heavy (non-hydrogen) atoms. The SMILES string of the molecule is O=CN(O)c1ccc(CCCN2CCN(C(=O)C3CSC(c4cccnc4)N3)CC2)cc1. The van der Waals surface area contributed by atoms with Gasteiger partial charge in [-0.15, -0.1) is 11.8 Å². The lowest BCUT2D eigenvalue weighted by atomic mass is 10.1. The van der Waals surface area contributed by atoms with Crippen LogP contribution in [-0.4, -0.2) is 76.8 Å². The molecule has 170 valence electrons. The fraction of sp³-hybridized carbons (Fsp3) is 0.435. The number of anilines is 1. The van der Waals surface area contributed by atoms with E-state index < -0.39 is 0 Å². The number of pyridine rings is 1. The van der Waals surface area contributed by atoms with Crippen LogP contribution in [0.2, 0.25) is 0 Å². The van der Waals surface area contributed by atoms with Gasteiger partial charge in [0.2, 0.25) is 12.3 Å². The third-order valence-corrected chi connectivity index (χ3v) is 7.26. The number of hydrogen-bond acceptors (Lipinski definition) is 7. The molecule has 2 aliphatic rings. The zero-order valence-electron chi connectivity index (χ0n) is 18.0. The third kappa shape index (κ3) is 5.66. The lowest BCUT2D eigenvalue weighted by Crippen LogP contribution is -2.53. The molecule has 0 bridgehead atoms. The van der Waals surface area contributed by atoms with Gasteiger partial charge >= 0.3 is 0 Å². The van der Waals surface area contributed by atoms with E-state index in [9.17, 15) is 14.8 Å². The summed E-state index contributed by atoms with van der Waals surface area (Å²) in [5.41, 5.74) is 2.76. The van der Waals surface area contributed by atoms with Crippen molar-refractivity contribution in [2.75, 3.05) is 43.5 Å². The van der Waals surface area contributed by atoms with Gasteiger partial charge in [0.1, 0.15) is 0 Å². The van der Waals surface area contributed by atoms with Crippen LogP contribution in [0.3, 0.4) is 0 Å². The maximum atomic E-state index is 13.0. The molecule has 0 radical (unpaired) electrons. The minimum atomic E-state index is -0.131. The number of aromatic nitrogens is 1. The molecule has 1 aromatic carbocycles. The molecular weight excluding hydrogens is 426 g/mol. The van der Waals surface area contributed by atoms with Crippen molar-refractivity contribution in [3.05, 3.63) is 59.9 Å². The number of carbonyl (C=O) groups excluding carboxylic acids is 2. The van der Waals surface area contributed by atoms with Gasteiger partial charge in [0.15, 0.2) is 0 Å². The minimum absolute atomic E-state index is 0.131. The largest absolute Gasteiger partial charge is 0.339 e. The molecule has 2 atom stereocenters. The van der Waals surface area contributed by atoms with Crippen molar-refractivity contribution in [1.82, 2.24) is 20.1 Å². The first-order valence-corrected chi connectivity index (χ1v) is 12.0. The average molecular weight is 456 g/mol. The molecule has 4 rings (SSSR count). The van der Waals surface area contributed by atoms with E-state index in [0.717, 1.165) is 56.9 Å². The Morgan fingerprint density at radius 1 is 1.22 bits per heavy atom. The first-order chi connectivity index (χ1) is 15.6. The Hall–Kier alpha value is -2.46. The van der Waals surface area contributed by atoms with E-state index in [4.69, 9.17) is 0 Å². The van der Waals surface area contributed by atoms with Gasteiger partial charge < -0.3 is 4.90 Å². The molecule has 0 aliphatic carbocycles. The maximum absolute atomic E-state index is 13.0. The molecule has 0 spiro atoms. The van der Waals surface area contributed by atoms with Gasteiger partial charge in [-0.1, -0.05) is 18.2 Å². The van der Waals surface area contributed by atoms with E-state index in [0.29, 0.717) is 17.2 Å². The summed E-state index contributed by atoms with van der Waals surface area (Å²) < 4.78 is 0. The number of carbonyl (C=O) groups is 2. The second-order valence-electron chi connectivity index (χ2n) is 8.11. The predicted molar refractivity (Wildman–Crippen MR) is 124 cm³/mol. The fourth-order valence-electron chi connectivity index (χ4n) is 4.13. The van der Waals surface area contributed by atoms with Crippen molar-refractivity contribution >= 4 is 29.8 Å². The molecule has 9 heteroatoms. The quantitative estimate of drug-likeness (QED) is 0.357. The third-order valence-electron chi connectivity index (χ3n) is 5.99. The molecular formula is C23H29N5O3S. The molecule has 2 saturated heterocycles. The summed E-state index contributed by atoms with van der Waals surface area (Å²) in [5, 5.41) is 13.6. The molecule has 3 heterocycles. The van der Waals surface area contributed by atoms with Gasteiger partial charge in [-0.3, -0.25) is 30.0 Å². The summed E-state index contributed by atoms with van der Waals surface area (Å²) >= 11 is 1.77. The van der Waals surface area contributed by atoms with Crippen LogP contribution in [0.1, 0.15) is 22.9 Å². The molecule has 2 aromatic rings. The number of nitrogens with zero attached hydrogens (tertiary/aromatic N) is 4. The molecule has 2 amide bonds. The van der Waals surface area contributed by atoms with E-state index in [-0.39, 0.29) is 17.3 Å². The van der Waals surface area contributed by atoms with Crippen molar-refractivity contribution in [2.45, 2.75) is 24.3 Å². The molecule has 1 aromatic heterocycles. The molecule has 2 N–H and O–H groups in total. The van der Waals surface area contributed by atoms with Crippen LogP contribution < -0.4 is 10.4 Å². The van der Waals surface area contributed by atoms with E-state index in [1.54, 1.807) is 30.1 Å². The van der Waals surface area contributed by atoms with Crippen LogP contribution in [0, 0.1) is 0 Å². The van der Waals surface area contributed by atoms with Gasteiger partial charge in [-0.2, -0.15) is 5.06 Å². The van der Waals surface area contributed by atoms with Crippen LogP contribution in [-0.2, 0) is 16.0 Å². The number of hydrogen-bond donors (Lipinski definition) is 2.